The zero-order valence-corrected chi connectivity index (χ0v) is 22.2. The number of hydrogen-bond donors (Lipinski definition) is 1. The van der Waals surface area contributed by atoms with Crippen LogP contribution in [0.2, 0.25) is 5.02 Å². The third-order valence-corrected chi connectivity index (χ3v) is 6.75. The van der Waals surface area contributed by atoms with E-state index in [-0.39, 0.29) is 12.5 Å². The van der Waals surface area contributed by atoms with Crippen molar-refractivity contribution < 1.29 is 18.0 Å². The van der Waals surface area contributed by atoms with Crippen LogP contribution in [0.15, 0.2) is 48.5 Å². The molecule has 2 amide bonds. The second-order valence-corrected chi connectivity index (χ2v) is 11.7. The third kappa shape index (κ3) is 7.74. The van der Waals surface area contributed by atoms with E-state index in [4.69, 9.17) is 11.6 Å². The molecule has 2 rings (SSSR count). The van der Waals surface area contributed by atoms with Gasteiger partial charge in [-0.15, -0.1) is 0 Å². The van der Waals surface area contributed by atoms with Crippen LogP contribution < -0.4 is 9.62 Å². The number of nitrogens with one attached hydrogen (secondary N) is 1. The molecule has 0 spiro atoms. The number of carbonyl (C=O) groups excluding carboxylic acids is 2. The minimum atomic E-state index is -3.80. The molecule has 0 bridgehead atoms. The van der Waals surface area contributed by atoms with Crippen LogP contribution in [0, 0.1) is 6.92 Å². The van der Waals surface area contributed by atoms with Crippen molar-refractivity contribution in [3.05, 3.63) is 64.7 Å². The van der Waals surface area contributed by atoms with Crippen LogP contribution in [0.4, 0.5) is 5.69 Å². The highest BCUT2D eigenvalue weighted by Gasteiger charge is 2.33. The fourth-order valence-electron chi connectivity index (χ4n) is 3.50. The number of carbonyl (C=O) groups is 2. The fourth-order valence-corrected chi connectivity index (χ4v) is 4.52. The number of sulfonamides is 1. The summed E-state index contributed by atoms with van der Waals surface area (Å²) in [4.78, 5) is 28.2. The first kappa shape index (κ1) is 27.7. The van der Waals surface area contributed by atoms with Crippen LogP contribution in [0.5, 0.6) is 0 Å². The van der Waals surface area contributed by atoms with Gasteiger partial charge < -0.3 is 10.2 Å². The lowest BCUT2D eigenvalue weighted by Crippen LogP contribution is -2.55. The monoisotopic (exact) mass is 507 g/mol. The highest BCUT2D eigenvalue weighted by Crippen LogP contribution is 2.25. The Morgan fingerprint density at radius 1 is 1.09 bits per heavy atom. The number of amides is 2. The number of benzene rings is 2. The van der Waals surface area contributed by atoms with Gasteiger partial charge in [0.05, 0.1) is 11.9 Å². The first-order valence-corrected chi connectivity index (χ1v) is 13.3. The molecule has 34 heavy (non-hydrogen) atoms. The molecule has 0 aliphatic heterocycles. The highest BCUT2D eigenvalue weighted by atomic mass is 35.5. The van der Waals surface area contributed by atoms with Crippen molar-refractivity contribution in [2.24, 2.45) is 0 Å². The van der Waals surface area contributed by atoms with Gasteiger partial charge in [-0.2, -0.15) is 0 Å². The molecule has 186 valence electrons. The first-order chi connectivity index (χ1) is 15.7. The number of nitrogens with zero attached hydrogens (tertiary/aromatic N) is 2. The van der Waals surface area contributed by atoms with Crippen LogP contribution in [0.1, 0.15) is 45.2 Å². The number of hydrogen-bond acceptors (Lipinski definition) is 4. The van der Waals surface area contributed by atoms with Crippen molar-refractivity contribution in [1.82, 2.24) is 10.2 Å². The zero-order valence-electron chi connectivity index (χ0n) is 20.6. The summed E-state index contributed by atoms with van der Waals surface area (Å²) >= 11 is 6.22. The van der Waals surface area contributed by atoms with Crippen molar-refractivity contribution in [2.45, 2.75) is 59.2 Å². The minimum absolute atomic E-state index is 0.169. The van der Waals surface area contributed by atoms with E-state index >= 15 is 0 Å². The van der Waals surface area contributed by atoms with Crippen LogP contribution in [-0.2, 0) is 26.2 Å². The smallest absolute Gasteiger partial charge is 0.244 e. The van der Waals surface area contributed by atoms with Crippen molar-refractivity contribution >= 4 is 39.1 Å². The Morgan fingerprint density at radius 2 is 1.71 bits per heavy atom. The van der Waals surface area contributed by atoms with E-state index in [1.165, 1.54) is 11.0 Å². The summed E-state index contributed by atoms with van der Waals surface area (Å²) in [6.45, 7) is 8.95. The lowest BCUT2D eigenvalue weighted by atomic mass is 10.1. The van der Waals surface area contributed by atoms with Crippen LogP contribution in [-0.4, -0.2) is 49.5 Å². The van der Waals surface area contributed by atoms with Crippen molar-refractivity contribution in [2.75, 3.05) is 17.1 Å². The molecule has 0 aromatic heterocycles. The standard InChI is InChI=1S/C25H34ClN3O4S/c1-7-22(24(31)27-25(3,4)5)28(16-19-11-9-8-10-12-19)23(30)17-29(34(6,32)33)20-14-13-18(2)21(26)15-20/h8-15,22H,7,16-17H2,1-6H3,(H,27,31). The summed E-state index contributed by atoms with van der Waals surface area (Å²) in [7, 11) is -3.80. The number of aryl methyl sites for hydroxylation is 1. The molecule has 0 fully saturated rings. The van der Waals surface area contributed by atoms with E-state index in [0.717, 1.165) is 21.7 Å². The average Bonchev–Trinajstić information content (AvgIpc) is 2.72. The van der Waals surface area contributed by atoms with Crippen LogP contribution in [0.3, 0.4) is 0 Å². The average molecular weight is 508 g/mol. The van der Waals surface area contributed by atoms with Gasteiger partial charge in [0.15, 0.2) is 0 Å². The molecule has 2 aromatic rings. The molecular formula is C25H34ClN3O4S. The Labute approximate surface area is 208 Å². The predicted octanol–water partition coefficient (Wildman–Crippen LogP) is 4.14. The van der Waals surface area contributed by atoms with E-state index in [2.05, 4.69) is 5.32 Å². The van der Waals surface area contributed by atoms with Gasteiger partial charge in [-0.3, -0.25) is 13.9 Å². The van der Waals surface area contributed by atoms with Gasteiger partial charge in [-0.25, -0.2) is 8.42 Å². The van der Waals surface area contributed by atoms with Gasteiger partial charge in [0.25, 0.3) is 0 Å². The second-order valence-electron chi connectivity index (χ2n) is 9.37. The molecule has 9 heteroatoms. The summed E-state index contributed by atoms with van der Waals surface area (Å²) < 4.78 is 26.3. The van der Waals surface area contributed by atoms with Gasteiger partial charge in [-0.1, -0.05) is 54.9 Å². The highest BCUT2D eigenvalue weighted by molar-refractivity contribution is 7.92. The van der Waals surface area contributed by atoms with Gasteiger partial charge in [0, 0.05) is 17.1 Å². The second kappa shape index (κ2) is 11.2. The minimum Gasteiger partial charge on any atom is -0.350 e. The predicted molar refractivity (Wildman–Crippen MR) is 137 cm³/mol. The van der Waals surface area contributed by atoms with Crippen molar-refractivity contribution in [1.29, 1.82) is 0 Å². The molecule has 0 aliphatic rings. The molecule has 0 saturated heterocycles. The fraction of sp³-hybridized carbons (Fsp3) is 0.440. The maximum absolute atomic E-state index is 13.6. The Hall–Kier alpha value is -2.58. The van der Waals surface area contributed by atoms with E-state index in [1.54, 1.807) is 12.1 Å². The Balaban J connectivity index is 2.45. The van der Waals surface area contributed by atoms with Gasteiger partial charge in [-0.05, 0) is 57.4 Å². The molecule has 7 nitrogen and oxygen atoms in total. The van der Waals surface area contributed by atoms with Crippen molar-refractivity contribution in [3.8, 4) is 0 Å². The molecular weight excluding hydrogens is 474 g/mol. The lowest BCUT2D eigenvalue weighted by Gasteiger charge is -2.34. The molecule has 2 aromatic carbocycles. The van der Waals surface area contributed by atoms with Crippen LogP contribution >= 0.6 is 11.6 Å². The first-order valence-electron chi connectivity index (χ1n) is 11.1. The summed E-state index contributed by atoms with van der Waals surface area (Å²) in [6.07, 6.45) is 1.41. The van der Waals surface area contributed by atoms with E-state index in [1.807, 2.05) is 65.0 Å². The van der Waals surface area contributed by atoms with Crippen LogP contribution in [0.25, 0.3) is 0 Å². The zero-order chi connectivity index (χ0) is 25.7. The van der Waals surface area contributed by atoms with E-state index in [9.17, 15) is 18.0 Å². The summed E-state index contributed by atoms with van der Waals surface area (Å²) in [6, 6.07) is 13.4. The van der Waals surface area contributed by atoms with Gasteiger partial charge >= 0.3 is 0 Å². The number of rotatable bonds is 9. The maximum Gasteiger partial charge on any atom is 0.244 e. The van der Waals surface area contributed by atoms with Gasteiger partial charge in [0.1, 0.15) is 12.6 Å². The topological polar surface area (TPSA) is 86.8 Å². The molecule has 0 aliphatic carbocycles. The van der Waals surface area contributed by atoms with E-state index < -0.39 is 34.1 Å². The molecule has 1 atom stereocenters. The Kier molecular flexibility index (Phi) is 9.14. The van der Waals surface area contributed by atoms with E-state index in [0.29, 0.717) is 17.1 Å². The molecule has 0 heterocycles. The molecule has 0 radical (unpaired) electrons. The molecule has 0 saturated carbocycles. The summed E-state index contributed by atoms with van der Waals surface area (Å²) in [5, 5.41) is 3.34. The normalized spacial score (nSPS) is 12.7. The summed E-state index contributed by atoms with van der Waals surface area (Å²) in [5.74, 6) is -0.773. The SMILES string of the molecule is CCC(C(=O)NC(C)(C)C)N(Cc1ccccc1)C(=O)CN(c1ccc(C)c(Cl)c1)S(C)(=O)=O. The third-order valence-electron chi connectivity index (χ3n) is 5.20. The van der Waals surface area contributed by atoms with Crippen molar-refractivity contribution in [3.63, 3.8) is 0 Å². The number of halogens is 1. The quantitative estimate of drug-likeness (QED) is 0.552. The lowest BCUT2D eigenvalue weighted by molar-refractivity contribution is -0.141. The molecule has 1 unspecified atom stereocenters. The van der Waals surface area contributed by atoms with Gasteiger partial charge in [0.2, 0.25) is 21.8 Å². The summed E-state index contributed by atoms with van der Waals surface area (Å²) in [5.41, 5.74) is 1.44. The molecule has 1 N–H and O–H groups in total. The number of anilines is 1. The Morgan fingerprint density at radius 3 is 2.21 bits per heavy atom. The Bertz CT molecular complexity index is 1110. The largest absolute Gasteiger partial charge is 0.350 e. The maximum atomic E-state index is 13.6.